The van der Waals surface area contributed by atoms with Gasteiger partial charge in [0, 0.05) is 12.2 Å². The van der Waals surface area contributed by atoms with Crippen LogP contribution >= 0.6 is 12.2 Å². The van der Waals surface area contributed by atoms with E-state index in [2.05, 4.69) is 35.3 Å². The van der Waals surface area contributed by atoms with Gasteiger partial charge in [0.2, 0.25) is 0 Å². The van der Waals surface area contributed by atoms with E-state index in [9.17, 15) is 0 Å². The Bertz CT molecular complexity index is 1150. The second-order valence-corrected chi connectivity index (χ2v) is 8.54. The molecule has 0 saturated heterocycles. The zero-order valence-electron chi connectivity index (χ0n) is 20.0. The van der Waals surface area contributed by atoms with E-state index in [0.29, 0.717) is 17.5 Å². The zero-order chi connectivity index (χ0) is 24.1. The third-order valence-electron chi connectivity index (χ3n) is 6.00. The fraction of sp³-hybridized carbons (Fsp3) is 0.296. The fourth-order valence-corrected chi connectivity index (χ4v) is 4.55. The van der Waals surface area contributed by atoms with Crippen LogP contribution in [0.1, 0.15) is 22.7 Å². The highest BCUT2D eigenvalue weighted by molar-refractivity contribution is 7.80. The molecular formula is C27H30N2O4S. The van der Waals surface area contributed by atoms with Gasteiger partial charge in [0.15, 0.2) is 16.6 Å². The lowest BCUT2D eigenvalue weighted by Crippen LogP contribution is -2.44. The molecule has 1 aliphatic heterocycles. The number of hydrogen-bond donors (Lipinski definition) is 1. The Morgan fingerprint density at radius 1 is 0.941 bits per heavy atom. The summed E-state index contributed by atoms with van der Waals surface area (Å²) in [6.07, 6.45) is 0.838. The van der Waals surface area contributed by atoms with Crippen LogP contribution in [0.25, 0.3) is 0 Å². The Hall–Kier alpha value is -3.45. The zero-order valence-corrected chi connectivity index (χ0v) is 20.8. The van der Waals surface area contributed by atoms with Crippen LogP contribution in [0.5, 0.6) is 23.0 Å². The monoisotopic (exact) mass is 478 g/mol. The van der Waals surface area contributed by atoms with E-state index in [0.717, 1.165) is 41.5 Å². The minimum Gasteiger partial charge on any atom is -0.497 e. The van der Waals surface area contributed by atoms with Crippen LogP contribution < -0.4 is 24.3 Å². The minimum atomic E-state index is -0.101. The molecule has 6 nitrogen and oxygen atoms in total. The van der Waals surface area contributed by atoms with Gasteiger partial charge in [0.05, 0.1) is 27.4 Å². The van der Waals surface area contributed by atoms with E-state index in [4.69, 9.17) is 31.2 Å². The van der Waals surface area contributed by atoms with Gasteiger partial charge in [-0.3, -0.25) is 0 Å². The highest BCUT2D eigenvalue weighted by Gasteiger charge is 2.31. The first-order valence-corrected chi connectivity index (χ1v) is 11.6. The number of nitrogens with one attached hydrogen (secondary N) is 1. The Kier molecular flexibility index (Phi) is 7.43. The Labute approximate surface area is 206 Å². The second-order valence-electron chi connectivity index (χ2n) is 8.15. The molecule has 1 N–H and O–H groups in total. The molecule has 1 aliphatic rings. The first-order chi connectivity index (χ1) is 16.5. The number of ether oxygens (including phenoxy) is 4. The summed E-state index contributed by atoms with van der Waals surface area (Å²) in [6, 6.07) is 19.8. The van der Waals surface area contributed by atoms with E-state index in [1.54, 1.807) is 21.3 Å². The highest BCUT2D eigenvalue weighted by Crippen LogP contribution is 2.38. The Balaban J connectivity index is 1.63. The van der Waals surface area contributed by atoms with Crippen LogP contribution in [-0.2, 0) is 6.42 Å². The average molecular weight is 479 g/mol. The summed E-state index contributed by atoms with van der Waals surface area (Å²) in [5, 5.41) is 4.07. The molecule has 0 aromatic heterocycles. The lowest BCUT2D eigenvalue weighted by Gasteiger charge is -2.39. The van der Waals surface area contributed by atoms with Crippen molar-refractivity contribution in [2.75, 3.05) is 39.8 Å². The quantitative estimate of drug-likeness (QED) is 0.457. The van der Waals surface area contributed by atoms with Crippen molar-refractivity contribution in [3.63, 3.8) is 0 Å². The van der Waals surface area contributed by atoms with Crippen molar-refractivity contribution in [2.45, 2.75) is 19.4 Å². The van der Waals surface area contributed by atoms with Gasteiger partial charge in [-0.2, -0.15) is 0 Å². The summed E-state index contributed by atoms with van der Waals surface area (Å²) in [7, 11) is 4.96. The lowest BCUT2D eigenvalue weighted by atomic mass is 9.92. The molecule has 0 aliphatic carbocycles. The molecule has 7 heteroatoms. The van der Waals surface area contributed by atoms with E-state index in [1.807, 2.05) is 42.5 Å². The van der Waals surface area contributed by atoms with Crippen molar-refractivity contribution in [3.05, 3.63) is 77.4 Å². The van der Waals surface area contributed by atoms with Crippen LogP contribution in [0, 0.1) is 6.92 Å². The number of nitrogens with zero attached hydrogens (tertiary/aromatic N) is 1. The number of thiocarbonyl (C=S) groups is 1. The number of hydrogen-bond acceptors (Lipinski definition) is 5. The molecule has 0 radical (unpaired) electrons. The predicted octanol–water partition coefficient (Wildman–Crippen LogP) is 5.40. The smallest absolute Gasteiger partial charge is 0.174 e. The number of anilines is 1. The van der Waals surface area contributed by atoms with E-state index < -0.39 is 0 Å². The Morgan fingerprint density at radius 2 is 1.65 bits per heavy atom. The van der Waals surface area contributed by atoms with Gasteiger partial charge in [-0.05, 0) is 90.8 Å². The fourth-order valence-electron chi connectivity index (χ4n) is 4.22. The normalized spacial score (nSPS) is 14.7. The maximum absolute atomic E-state index is 6.22. The van der Waals surface area contributed by atoms with Gasteiger partial charge in [-0.25, -0.2) is 0 Å². The Morgan fingerprint density at radius 3 is 2.32 bits per heavy atom. The molecule has 178 valence electrons. The van der Waals surface area contributed by atoms with Crippen molar-refractivity contribution >= 4 is 23.0 Å². The van der Waals surface area contributed by atoms with Gasteiger partial charge in [0.25, 0.3) is 0 Å². The summed E-state index contributed by atoms with van der Waals surface area (Å²) < 4.78 is 22.6. The van der Waals surface area contributed by atoms with Crippen molar-refractivity contribution < 1.29 is 18.9 Å². The van der Waals surface area contributed by atoms with E-state index in [-0.39, 0.29) is 6.04 Å². The van der Waals surface area contributed by atoms with Gasteiger partial charge in [-0.15, -0.1) is 0 Å². The first-order valence-electron chi connectivity index (χ1n) is 11.2. The third kappa shape index (κ3) is 5.20. The van der Waals surface area contributed by atoms with Crippen LogP contribution in [0.3, 0.4) is 0 Å². The van der Waals surface area contributed by atoms with Crippen LogP contribution in [0.4, 0.5) is 5.69 Å². The molecular weight excluding hydrogens is 448 g/mol. The maximum Gasteiger partial charge on any atom is 0.174 e. The molecule has 1 heterocycles. The van der Waals surface area contributed by atoms with Gasteiger partial charge < -0.3 is 29.2 Å². The number of benzene rings is 3. The summed E-state index contributed by atoms with van der Waals surface area (Å²) in [5.41, 5.74) is 4.47. The largest absolute Gasteiger partial charge is 0.497 e. The van der Waals surface area contributed by atoms with Gasteiger partial charge >= 0.3 is 0 Å². The minimum absolute atomic E-state index is 0.101. The standard InChI is InChI=1S/C27H30N2O4S/c1-18-6-5-7-20(14-18)28-27(34)29-13-12-19-15-25(31-3)26(32-4)16-23(19)24(29)17-33-22-10-8-21(30-2)9-11-22/h5-11,14-16,24H,12-13,17H2,1-4H3,(H,28,34)/t24-/m1/s1. The van der Waals surface area contributed by atoms with Crippen molar-refractivity contribution in [3.8, 4) is 23.0 Å². The van der Waals surface area contributed by atoms with E-state index in [1.165, 1.54) is 11.1 Å². The van der Waals surface area contributed by atoms with Crippen molar-refractivity contribution in [1.82, 2.24) is 4.90 Å². The first kappa shape index (κ1) is 23.7. The highest BCUT2D eigenvalue weighted by atomic mass is 32.1. The SMILES string of the molecule is COc1ccc(OC[C@@H]2c3cc(OC)c(OC)cc3CCN2C(=S)Nc2cccc(C)c2)cc1. The summed E-state index contributed by atoms with van der Waals surface area (Å²) in [6.45, 7) is 3.25. The topological polar surface area (TPSA) is 52.2 Å². The van der Waals surface area contributed by atoms with Crippen molar-refractivity contribution in [2.24, 2.45) is 0 Å². The average Bonchev–Trinajstić information content (AvgIpc) is 2.86. The molecule has 0 bridgehead atoms. The lowest BCUT2D eigenvalue weighted by molar-refractivity contribution is 0.190. The van der Waals surface area contributed by atoms with Gasteiger partial charge in [-0.1, -0.05) is 12.1 Å². The third-order valence-corrected chi connectivity index (χ3v) is 6.34. The molecule has 0 amide bonds. The van der Waals surface area contributed by atoms with Gasteiger partial charge in [0.1, 0.15) is 18.1 Å². The molecule has 3 aromatic carbocycles. The second kappa shape index (κ2) is 10.7. The number of methoxy groups -OCH3 is 3. The summed E-state index contributed by atoms with van der Waals surface area (Å²) >= 11 is 5.87. The molecule has 0 unspecified atom stereocenters. The molecule has 34 heavy (non-hydrogen) atoms. The molecule has 4 rings (SSSR count). The summed E-state index contributed by atoms with van der Waals surface area (Å²) in [5.74, 6) is 2.98. The van der Waals surface area contributed by atoms with Crippen LogP contribution in [-0.4, -0.2) is 44.5 Å². The predicted molar refractivity (Wildman–Crippen MR) is 139 cm³/mol. The number of rotatable bonds is 7. The molecule has 1 atom stereocenters. The van der Waals surface area contributed by atoms with Crippen LogP contribution in [0.15, 0.2) is 60.7 Å². The molecule has 3 aromatic rings. The van der Waals surface area contributed by atoms with E-state index >= 15 is 0 Å². The van der Waals surface area contributed by atoms with Crippen molar-refractivity contribution in [1.29, 1.82) is 0 Å². The molecule has 0 spiro atoms. The molecule has 0 fully saturated rings. The molecule has 0 saturated carbocycles. The maximum atomic E-state index is 6.22. The summed E-state index contributed by atoms with van der Waals surface area (Å²) in [4.78, 5) is 2.19. The number of aryl methyl sites for hydroxylation is 1. The number of fused-ring (bicyclic) bond motifs is 1. The van der Waals surface area contributed by atoms with Crippen LogP contribution in [0.2, 0.25) is 0 Å².